The van der Waals surface area contributed by atoms with E-state index >= 15 is 0 Å². The fourth-order valence-corrected chi connectivity index (χ4v) is 1.52. The smallest absolute Gasteiger partial charge is 0.211 e. The van der Waals surface area contributed by atoms with Gasteiger partial charge in [0.05, 0.1) is 10.7 Å². The maximum Gasteiger partial charge on any atom is 0.211 e. The van der Waals surface area contributed by atoms with Gasteiger partial charge in [-0.25, -0.2) is 0 Å². The molecule has 0 bridgehead atoms. The Morgan fingerprint density at radius 3 is 2.44 bits per heavy atom. The summed E-state index contributed by atoms with van der Waals surface area (Å²) in [5, 5.41) is 17.4. The topological polar surface area (TPSA) is 97.0 Å². The van der Waals surface area contributed by atoms with Gasteiger partial charge in [0.1, 0.15) is 5.75 Å². The van der Waals surface area contributed by atoms with Crippen molar-refractivity contribution in [3.05, 3.63) is 27.7 Å². The molecule has 0 aliphatic rings. The average molecular weight is 261 g/mol. The normalized spacial score (nSPS) is 11.3. The van der Waals surface area contributed by atoms with Gasteiger partial charge < -0.3 is 16.6 Å². The Balaban J connectivity index is 3.23. The molecule has 5 N–H and O–H groups in total. The zero-order valence-electron chi connectivity index (χ0n) is 8.41. The van der Waals surface area contributed by atoms with Crippen LogP contribution in [0.25, 0.3) is 0 Å². The van der Waals surface area contributed by atoms with Crippen LogP contribution in [-0.4, -0.2) is 16.8 Å². The van der Waals surface area contributed by atoms with Gasteiger partial charge in [0.2, 0.25) is 5.96 Å². The number of nitrogens with zero attached hydrogens (tertiary/aromatic N) is 2. The lowest BCUT2D eigenvalue weighted by Crippen LogP contribution is -2.22. The minimum atomic E-state index is -0.174. The molecule has 0 saturated heterocycles. The molecule has 7 heteroatoms. The van der Waals surface area contributed by atoms with E-state index < -0.39 is 0 Å². The highest BCUT2D eigenvalue weighted by Crippen LogP contribution is 2.31. The number of benzene rings is 1. The summed E-state index contributed by atoms with van der Waals surface area (Å²) < 4.78 is 0. The van der Waals surface area contributed by atoms with Crippen LogP contribution in [0, 0.1) is 0 Å². The third kappa shape index (κ3) is 3.01. The first-order valence-electron chi connectivity index (χ1n) is 4.23. The van der Waals surface area contributed by atoms with Crippen molar-refractivity contribution in [1.82, 2.24) is 0 Å². The van der Waals surface area contributed by atoms with Gasteiger partial charge in [0.25, 0.3) is 0 Å². The monoisotopic (exact) mass is 260 g/mol. The van der Waals surface area contributed by atoms with Gasteiger partial charge >= 0.3 is 0 Å². The summed E-state index contributed by atoms with van der Waals surface area (Å²) in [5.41, 5.74) is 11.0. The minimum Gasteiger partial charge on any atom is -0.506 e. The van der Waals surface area contributed by atoms with Crippen molar-refractivity contribution in [2.75, 3.05) is 0 Å². The van der Waals surface area contributed by atoms with E-state index in [1.54, 1.807) is 6.92 Å². The molecule has 16 heavy (non-hydrogen) atoms. The molecule has 86 valence electrons. The molecule has 0 spiro atoms. The van der Waals surface area contributed by atoms with Crippen LogP contribution in [0.4, 0.5) is 0 Å². The van der Waals surface area contributed by atoms with Crippen molar-refractivity contribution < 1.29 is 5.11 Å². The molecule has 1 rings (SSSR count). The number of phenolic OH excluding ortho intramolecular Hbond substituents is 1. The van der Waals surface area contributed by atoms with Gasteiger partial charge in [-0.1, -0.05) is 23.2 Å². The molecule has 0 aromatic heterocycles. The molecule has 0 radical (unpaired) electrons. The molecule has 0 aliphatic heterocycles. The van der Waals surface area contributed by atoms with Gasteiger partial charge in [0, 0.05) is 10.6 Å². The quantitative estimate of drug-likeness (QED) is 0.429. The van der Waals surface area contributed by atoms with E-state index in [1.807, 2.05) is 0 Å². The number of phenols is 1. The van der Waals surface area contributed by atoms with Crippen molar-refractivity contribution in [3.63, 3.8) is 0 Å². The molecule has 0 saturated carbocycles. The summed E-state index contributed by atoms with van der Waals surface area (Å²) in [6.07, 6.45) is 0. The molecule has 0 unspecified atom stereocenters. The first-order chi connectivity index (χ1) is 7.41. The summed E-state index contributed by atoms with van der Waals surface area (Å²) in [5.74, 6) is -0.287. The van der Waals surface area contributed by atoms with Gasteiger partial charge in [-0.3, -0.25) is 0 Å². The lowest BCUT2D eigenvalue weighted by atomic mass is 10.1. The van der Waals surface area contributed by atoms with Crippen LogP contribution >= 0.6 is 23.2 Å². The maximum absolute atomic E-state index is 9.68. The Kier molecular flexibility index (Phi) is 3.98. The first-order valence-corrected chi connectivity index (χ1v) is 4.99. The SMILES string of the molecule is C/C(=N\N=C(N)N)c1cc(Cl)cc(Cl)c1O. The summed E-state index contributed by atoms with van der Waals surface area (Å²) in [4.78, 5) is 0. The molecule has 1 aromatic carbocycles. The molecular formula is C9H10Cl2N4O. The van der Waals surface area contributed by atoms with Crippen LogP contribution in [0.2, 0.25) is 10.0 Å². The van der Waals surface area contributed by atoms with Crippen molar-refractivity contribution in [2.45, 2.75) is 6.92 Å². The lowest BCUT2D eigenvalue weighted by molar-refractivity contribution is 0.474. The Morgan fingerprint density at radius 1 is 1.25 bits per heavy atom. The number of hydrogen-bond acceptors (Lipinski definition) is 3. The van der Waals surface area contributed by atoms with E-state index in [0.29, 0.717) is 16.3 Å². The fourth-order valence-electron chi connectivity index (χ4n) is 1.03. The standard InChI is InChI=1S/C9H10Cl2N4O/c1-4(14-15-9(12)13)6-2-5(10)3-7(11)8(6)16/h2-3,16H,1H3,(H4,12,13,15)/b14-4+. The van der Waals surface area contributed by atoms with Crippen LogP contribution < -0.4 is 11.5 Å². The number of nitrogens with two attached hydrogens (primary N) is 2. The summed E-state index contributed by atoms with van der Waals surface area (Å²) in [6.45, 7) is 1.62. The second-order valence-electron chi connectivity index (χ2n) is 2.99. The van der Waals surface area contributed by atoms with Crippen LogP contribution in [0.1, 0.15) is 12.5 Å². The molecule has 5 nitrogen and oxygen atoms in total. The third-order valence-corrected chi connectivity index (χ3v) is 2.24. The van der Waals surface area contributed by atoms with Gasteiger partial charge in [-0.05, 0) is 19.1 Å². The number of halogens is 2. The number of aromatic hydroxyl groups is 1. The van der Waals surface area contributed by atoms with E-state index in [1.165, 1.54) is 12.1 Å². The molecule has 1 aromatic rings. The summed E-state index contributed by atoms with van der Waals surface area (Å²) in [7, 11) is 0. The summed E-state index contributed by atoms with van der Waals surface area (Å²) >= 11 is 11.5. The fraction of sp³-hybridized carbons (Fsp3) is 0.111. The molecular weight excluding hydrogens is 251 g/mol. The second kappa shape index (κ2) is 5.05. The lowest BCUT2D eigenvalue weighted by Gasteiger charge is -2.05. The Bertz CT molecular complexity index is 467. The second-order valence-corrected chi connectivity index (χ2v) is 3.84. The Morgan fingerprint density at radius 2 is 1.88 bits per heavy atom. The number of rotatable bonds is 2. The molecule has 0 heterocycles. The van der Waals surface area contributed by atoms with E-state index in [2.05, 4.69) is 10.2 Å². The van der Waals surface area contributed by atoms with E-state index in [9.17, 15) is 5.11 Å². The van der Waals surface area contributed by atoms with Crippen molar-refractivity contribution in [2.24, 2.45) is 21.7 Å². The number of guanidine groups is 1. The van der Waals surface area contributed by atoms with Gasteiger partial charge in [-0.15, -0.1) is 5.10 Å². The van der Waals surface area contributed by atoms with E-state index in [0.717, 1.165) is 0 Å². The van der Waals surface area contributed by atoms with Crippen molar-refractivity contribution >= 4 is 34.9 Å². The predicted octanol–water partition coefficient (Wildman–Crippen LogP) is 1.70. The van der Waals surface area contributed by atoms with Crippen molar-refractivity contribution in [3.8, 4) is 5.75 Å². The van der Waals surface area contributed by atoms with Crippen molar-refractivity contribution in [1.29, 1.82) is 0 Å². The first kappa shape index (κ1) is 12.6. The van der Waals surface area contributed by atoms with Crippen LogP contribution in [0.5, 0.6) is 5.75 Å². The molecule has 0 fully saturated rings. The highest BCUT2D eigenvalue weighted by Gasteiger charge is 2.10. The van der Waals surface area contributed by atoms with Gasteiger partial charge in [0.15, 0.2) is 0 Å². The zero-order valence-corrected chi connectivity index (χ0v) is 9.92. The molecule has 0 atom stereocenters. The molecule has 0 aliphatic carbocycles. The Labute approximate surface area is 102 Å². The zero-order chi connectivity index (χ0) is 12.3. The average Bonchev–Trinajstić information content (AvgIpc) is 2.19. The number of hydrogen-bond donors (Lipinski definition) is 3. The predicted molar refractivity (Wildman–Crippen MR) is 66.1 cm³/mol. The highest BCUT2D eigenvalue weighted by atomic mass is 35.5. The summed E-state index contributed by atoms with van der Waals surface area (Å²) in [6, 6.07) is 2.94. The minimum absolute atomic E-state index is 0.113. The van der Waals surface area contributed by atoms with E-state index in [-0.39, 0.29) is 16.7 Å². The largest absolute Gasteiger partial charge is 0.506 e. The highest BCUT2D eigenvalue weighted by molar-refractivity contribution is 6.36. The Hall–Kier alpha value is -1.46. The van der Waals surface area contributed by atoms with Crippen LogP contribution in [0.3, 0.4) is 0 Å². The molecule has 0 amide bonds. The van der Waals surface area contributed by atoms with Crippen LogP contribution in [-0.2, 0) is 0 Å². The van der Waals surface area contributed by atoms with E-state index in [4.69, 9.17) is 34.7 Å². The third-order valence-electron chi connectivity index (χ3n) is 1.73. The maximum atomic E-state index is 9.68. The van der Waals surface area contributed by atoms with Gasteiger partial charge in [-0.2, -0.15) is 5.10 Å². The van der Waals surface area contributed by atoms with Crippen LogP contribution in [0.15, 0.2) is 22.3 Å².